The fourth-order valence-electron chi connectivity index (χ4n) is 1.71. The van der Waals surface area contributed by atoms with Gasteiger partial charge in [-0.15, -0.1) is 0 Å². The highest BCUT2D eigenvalue weighted by atomic mass is 19.1. The van der Waals surface area contributed by atoms with Crippen molar-refractivity contribution in [3.63, 3.8) is 0 Å². The van der Waals surface area contributed by atoms with Gasteiger partial charge < -0.3 is 10.5 Å². The summed E-state index contributed by atoms with van der Waals surface area (Å²) < 4.78 is 31.3. The van der Waals surface area contributed by atoms with Gasteiger partial charge in [-0.05, 0) is 11.6 Å². The fourth-order valence-corrected chi connectivity index (χ4v) is 1.71. The molecule has 0 saturated heterocycles. The summed E-state index contributed by atoms with van der Waals surface area (Å²) in [6, 6.07) is 4.99. The lowest BCUT2D eigenvalue weighted by atomic mass is 10.1. The number of methoxy groups -OCH3 is 1. The number of rotatable bonds is 4. The van der Waals surface area contributed by atoms with E-state index in [4.69, 9.17) is 10.5 Å². The Labute approximate surface area is 109 Å². The Morgan fingerprint density at radius 3 is 2.68 bits per heavy atom. The Hall–Kier alpha value is -2.08. The Balaban J connectivity index is 2.27. The van der Waals surface area contributed by atoms with Gasteiger partial charge in [0.1, 0.15) is 23.3 Å². The number of nitrogens with zero attached hydrogens (tertiary/aromatic N) is 2. The third kappa shape index (κ3) is 3.45. The zero-order chi connectivity index (χ0) is 13.8. The van der Waals surface area contributed by atoms with Crippen LogP contribution in [0.15, 0.2) is 24.3 Å². The highest BCUT2D eigenvalue weighted by Crippen LogP contribution is 2.14. The minimum Gasteiger partial charge on any atom is -0.384 e. The summed E-state index contributed by atoms with van der Waals surface area (Å²) in [5, 5.41) is 0. The number of hydrogen-bond donors (Lipinski definition) is 1. The van der Waals surface area contributed by atoms with Crippen molar-refractivity contribution >= 4 is 5.82 Å². The number of benzene rings is 1. The van der Waals surface area contributed by atoms with E-state index in [1.165, 1.54) is 19.2 Å². The van der Waals surface area contributed by atoms with Crippen LogP contribution in [0.4, 0.5) is 14.6 Å². The molecular formula is C13H13F2N3O. The van der Waals surface area contributed by atoms with E-state index in [1.807, 2.05) is 0 Å². The number of hydrogen-bond acceptors (Lipinski definition) is 4. The number of nitrogens with two attached hydrogens (primary N) is 1. The van der Waals surface area contributed by atoms with Gasteiger partial charge in [0.05, 0.1) is 12.3 Å². The molecule has 0 radical (unpaired) electrons. The van der Waals surface area contributed by atoms with Crippen LogP contribution in [-0.4, -0.2) is 17.1 Å². The second-order valence-electron chi connectivity index (χ2n) is 4.05. The van der Waals surface area contributed by atoms with E-state index >= 15 is 0 Å². The maximum Gasteiger partial charge on any atom is 0.135 e. The quantitative estimate of drug-likeness (QED) is 0.919. The van der Waals surface area contributed by atoms with Crippen molar-refractivity contribution in [2.45, 2.75) is 13.0 Å². The largest absolute Gasteiger partial charge is 0.384 e. The van der Waals surface area contributed by atoms with Crippen molar-refractivity contribution in [3.05, 3.63) is 53.0 Å². The average molecular weight is 265 g/mol. The zero-order valence-corrected chi connectivity index (χ0v) is 10.4. The monoisotopic (exact) mass is 265 g/mol. The van der Waals surface area contributed by atoms with Crippen LogP contribution in [0.3, 0.4) is 0 Å². The standard InChI is InChI=1S/C13H13F2N3O/c1-19-7-10-6-12(16)18-13(17-10)4-8-2-3-9(14)5-11(8)15/h2-3,5-6H,4,7H2,1H3,(H2,16,17,18). The van der Waals surface area contributed by atoms with Gasteiger partial charge in [-0.25, -0.2) is 18.7 Å². The fraction of sp³-hybridized carbons (Fsp3) is 0.231. The predicted molar refractivity (Wildman–Crippen MR) is 66.3 cm³/mol. The lowest BCUT2D eigenvalue weighted by Gasteiger charge is -2.06. The molecule has 1 aromatic heterocycles. The summed E-state index contributed by atoms with van der Waals surface area (Å²) in [6.07, 6.45) is 0.147. The van der Waals surface area contributed by atoms with E-state index in [1.54, 1.807) is 6.07 Å². The van der Waals surface area contributed by atoms with E-state index in [0.717, 1.165) is 6.07 Å². The van der Waals surface area contributed by atoms with Crippen molar-refractivity contribution in [1.29, 1.82) is 0 Å². The first-order chi connectivity index (χ1) is 9.08. The lowest BCUT2D eigenvalue weighted by molar-refractivity contribution is 0.181. The van der Waals surface area contributed by atoms with Gasteiger partial charge in [0.2, 0.25) is 0 Å². The number of anilines is 1. The number of nitrogen functional groups attached to an aromatic ring is 1. The molecule has 0 amide bonds. The summed E-state index contributed by atoms with van der Waals surface area (Å²) in [4.78, 5) is 8.23. The SMILES string of the molecule is COCc1cc(N)nc(Cc2ccc(F)cc2F)n1. The van der Waals surface area contributed by atoms with Gasteiger partial charge in [0, 0.05) is 25.7 Å². The summed E-state index contributed by atoms with van der Waals surface area (Å²) in [6.45, 7) is 0.297. The molecule has 19 heavy (non-hydrogen) atoms. The molecule has 0 unspecified atom stereocenters. The average Bonchev–Trinajstić information content (AvgIpc) is 2.32. The summed E-state index contributed by atoms with van der Waals surface area (Å²) in [7, 11) is 1.54. The Kier molecular flexibility index (Phi) is 4.01. The first kappa shape index (κ1) is 13.4. The second-order valence-corrected chi connectivity index (χ2v) is 4.05. The number of aromatic nitrogens is 2. The van der Waals surface area contributed by atoms with Crippen LogP contribution in [0.1, 0.15) is 17.1 Å². The molecule has 2 aromatic rings. The number of ether oxygens (including phenoxy) is 1. The van der Waals surface area contributed by atoms with Gasteiger partial charge >= 0.3 is 0 Å². The molecule has 0 atom stereocenters. The van der Waals surface area contributed by atoms with Gasteiger partial charge in [-0.2, -0.15) is 0 Å². The van der Waals surface area contributed by atoms with Gasteiger partial charge in [0.15, 0.2) is 0 Å². The summed E-state index contributed by atoms with van der Waals surface area (Å²) in [5.74, 6) is -0.578. The zero-order valence-electron chi connectivity index (χ0n) is 10.4. The van der Waals surface area contributed by atoms with Crippen LogP contribution in [0.25, 0.3) is 0 Å². The molecular weight excluding hydrogens is 252 g/mol. The molecule has 6 heteroatoms. The van der Waals surface area contributed by atoms with Crippen LogP contribution >= 0.6 is 0 Å². The van der Waals surface area contributed by atoms with E-state index < -0.39 is 11.6 Å². The number of halogens is 2. The van der Waals surface area contributed by atoms with Gasteiger partial charge in [-0.3, -0.25) is 0 Å². The molecule has 0 bridgehead atoms. The molecule has 0 aliphatic heterocycles. The van der Waals surface area contributed by atoms with E-state index in [-0.39, 0.29) is 6.42 Å². The van der Waals surface area contributed by atoms with E-state index in [0.29, 0.717) is 29.5 Å². The molecule has 0 saturated carbocycles. The molecule has 0 spiro atoms. The topological polar surface area (TPSA) is 61.0 Å². The molecule has 1 aromatic carbocycles. The van der Waals surface area contributed by atoms with Crippen molar-refractivity contribution in [3.8, 4) is 0 Å². The smallest absolute Gasteiger partial charge is 0.135 e. The van der Waals surface area contributed by atoms with Crippen LogP contribution in [0, 0.1) is 11.6 Å². The first-order valence-electron chi connectivity index (χ1n) is 5.63. The third-order valence-corrected chi connectivity index (χ3v) is 2.50. The Bertz CT molecular complexity index is 590. The van der Waals surface area contributed by atoms with Crippen LogP contribution < -0.4 is 5.73 Å². The lowest BCUT2D eigenvalue weighted by Crippen LogP contribution is -2.06. The maximum atomic E-state index is 13.5. The van der Waals surface area contributed by atoms with Crippen LogP contribution in [-0.2, 0) is 17.8 Å². The third-order valence-electron chi connectivity index (χ3n) is 2.50. The van der Waals surface area contributed by atoms with Crippen LogP contribution in [0.2, 0.25) is 0 Å². The van der Waals surface area contributed by atoms with Gasteiger partial charge in [-0.1, -0.05) is 6.07 Å². The van der Waals surface area contributed by atoms with Crippen LogP contribution in [0.5, 0.6) is 0 Å². The highest BCUT2D eigenvalue weighted by molar-refractivity contribution is 5.31. The van der Waals surface area contributed by atoms with Crippen molar-refractivity contribution in [2.24, 2.45) is 0 Å². The second kappa shape index (κ2) is 5.71. The molecule has 0 aliphatic carbocycles. The molecule has 2 rings (SSSR count). The van der Waals surface area contributed by atoms with E-state index in [2.05, 4.69) is 9.97 Å². The molecule has 100 valence electrons. The minimum absolute atomic E-state index is 0.147. The van der Waals surface area contributed by atoms with Crippen molar-refractivity contribution in [1.82, 2.24) is 9.97 Å². The molecule has 1 heterocycles. The molecule has 2 N–H and O–H groups in total. The molecule has 0 fully saturated rings. The molecule has 4 nitrogen and oxygen atoms in total. The van der Waals surface area contributed by atoms with Crippen molar-refractivity contribution < 1.29 is 13.5 Å². The summed E-state index contributed by atoms with van der Waals surface area (Å²) >= 11 is 0. The Morgan fingerprint density at radius 2 is 2.00 bits per heavy atom. The Morgan fingerprint density at radius 1 is 1.21 bits per heavy atom. The minimum atomic E-state index is -0.626. The van der Waals surface area contributed by atoms with Gasteiger partial charge in [0.25, 0.3) is 0 Å². The highest BCUT2D eigenvalue weighted by Gasteiger charge is 2.08. The normalized spacial score (nSPS) is 10.7. The predicted octanol–water partition coefficient (Wildman–Crippen LogP) is 2.07. The van der Waals surface area contributed by atoms with Crippen molar-refractivity contribution in [2.75, 3.05) is 12.8 Å². The van der Waals surface area contributed by atoms with E-state index in [9.17, 15) is 8.78 Å². The molecule has 0 aliphatic rings. The summed E-state index contributed by atoms with van der Waals surface area (Å²) in [5.41, 5.74) is 6.58. The first-order valence-corrected chi connectivity index (χ1v) is 5.63. The maximum absolute atomic E-state index is 13.5.